The lowest BCUT2D eigenvalue weighted by molar-refractivity contribution is -0.127. The molecular weight excluding hydrogens is 174 g/mol. The van der Waals surface area contributed by atoms with Gasteiger partial charge in [0, 0.05) is 17.9 Å². The van der Waals surface area contributed by atoms with Gasteiger partial charge in [-0.1, -0.05) is 19.3 Å². The lowest BCUT2D eigenvalue weighted by Gasteiger charge is -2.23. The average molecular weight is 195 g/mol. The lowest BCUT2D eigenvalue weighted by Crippen LogP contribution is -2.25. The second-order valence-electron chi connectivity index (χ2n) is 5.01. The molecule has 0 radical (unpaired) electrons. The first-order valence-electron chi connectivity index (χ1n) is 6.06. The maximum absolute atomic E-state index is 12.1. The molecule has 2 nitrogen and oxygen atoms in total. The van der Waals surface area contributed by atoms with Crippen LogP contribution in [-0.4, -0.2) is 11.8 Å². The van der Waals surface area contributed by atoms with E-state index in [4.69, 9.17) is 5.73 Å². The maximum atomic E-state index is 12.1. The van der Waals surface area contributed by atoms with Crippen molar-refractivity contribution in [2.24, 2.45) is 17.6 Å². The molecule has 14 heavy (non-hydrogen) atoms. The van der Waals surface area contributed by atoms with Gasteiger partial charge in [0.15, 0.2) is 0 Å². The van der Waals surface area contributed by atoms with E-state index >= 15 is 0 Å². The molecule has 0 bridgehead atoms. The number of ketones is 1. The third-order valence-corrected chi connectivity index (χ3v) is 3.88. The highest BCUT2D eigenvalue weighted by Gasteiger charge is 2.32. The Morgan fingerprint density at radius 2 is 1.64 bits per heavy atom. The van der Waals surface area contributed by atoms with E-state index in [0.29, 0.717) is 23.7 Å². The van der Waals surface area contributed by atoms with Gasteiger partial charge in [0.05, 0.1) is 0 Å². The van der Waals surface area contributed by atoms with E-state index in [1.54, 1.807) is 0 Å². The highest BCUT2D eigenvalue weighted by atomic mass is 16.1. The van der Waals surface area contributed by atoms with Gasteiger partial charge in [-0.15, -0.1) is 0 Å². The second kappa shape index (κ2) is 4.43. The molecule has 2 atom stereocenters. The van der Waals surface area contributed by atoms with Gasteiger partial charge in [0.2, 0.25) is 0 Å². The summed E-state index contributed by atoms with van der Waals surface area (Å²) in [6.45, 7) is 0. The molecule has 2 N–H and O–H groups in total. The van der Waals surface area contributed by atoms with Crippen LogP contribution in [0.1, 0.15) is 51.4 Å². The Bertz CT molecular complexity index is 202. The molecule has 2 saturated carbocycles. The van der Waals surface area contributed by atoms with E-state index in [0.717, 1.165) is 32.1 Å². The summed E-state index contributed by atoms with van der Waals surface area (Å²) >= 11 is 0. The summed E-state index contributed by atoms with van der Waals surface area (Å²) in [6.07, 6.45) is 9.20. The van der Waals surface area contributed by atoms with Gasteiger partial charge < -0.3 is 5.73 Å². The van der Waals surface area contributed by atoms with Crippen LogP contribution >= 0.6 is 0 Å². The van der Waals surface area contributed by atoms with Crippen LogP contribution in [0.3, 0.4) is 0 Å². The van der Waals surface area contributed by atoms with Crippen LogP contribution < -0.4 is 5.73 Å². The van der Waals surface area contributed by atoms with Gasteiger partial charge in [-0.25, -0.2) is 0 Å². The third-order valence-electron chi connectivity index (χ3n) is 3.88. The van der Waals surface area contributed by atoms with Crippen molar-refractivity contribution in [3.8, 4) is 0 Å². The normalized spacial score (nSPS) is 34.6. The summed E-state index contributed by atoms with van der Waals surface area (Å²) < 4.78 is 0. The molecule has 2 fully saturated rings. The predicted octanol–water partition coefficient (Wildman–Crippen LogP) is 2.26. The summed E-state index contributed by atoms with van der Waals surface area (Å²) in [6, 6.07) is 0.299. The fraction of sp³-hybridized carbons (Fsp3) is 0.917. The van der Waals surface area contributed by atoms with Crippen molar-refractivity contribution >= 4 is 5.78 Å². The standard InChI is InChI=1S/C12H21NO/c13-11-7-6-10(8-11)12(14)9-4-2-1-3-5-9/h9-11H,1-8,13H2. The molecule has 2 unspecified atom stereocenters. The quantitative estimate of drug-likeness (QED) is 0.734. The lowest BCUT2D eigenvalue weighted by atomic mass is 9.81. The molecule has 2 heteroatoms. The van der Waals surface area contributed by atoms with E-state index in [-0.39, 0.29) is 0 Å². The minimum Gasteiger partial charge on any atom is -0.328 e. The molecule has 0 aromatic carbocycles. The van der Waals surface area contributed by atoms with Gasteiger partial charge in [-0.2, -0.15) is 0 Å². The highest BCUT2D eigenvalue weighted by Crippen LogP contribution is 2.32. The van der Waals surface area contributed by atoms with Gasteiger partial charge in [-0.3, -0.25) is 4.79 Å². The zero-order chi connectivity index (χ0) is 9.97. The highest BCUT2D eigenvalue weighted by molar-refractivity contribution is 5.83. The van der Waals surface area contributed by atoms with E-state index in [2.05, 4.69) is 0 Å². The van der Waals surface area contributed by atoms with Crippen molar-refractivity contribution < 1.29 is 4.79 Å². The SMILES string of the molecule is NC1CCC(C(=O)C2CCCCC2)C1. The molecule has 0 aromatic rings. The van der Waals surface area contributed by atoms with E-state index in [1.807, 2.05) is 0 Å². The minimum absolute atomic E-state index is 0.299. The minimum atomic E-state index is 0.299. The summed E-state index contributed by atoms with van der Waals surface area (Å²) in [5.41, 5.74) is 5.84. The van der Waals surface area contributed by atoms with E-state index < -0.39 is 0 Å². The second-order valence-corrected chi connectivity index (χ2v) is 5.01. The molecule has 2 rings (SSSR count). The molecule has 0 amide bonds. The summed E-state index contributed by atoms with van der Waals surface area (Å²) in [5, 5.41) is 0. The summed E-state index contributed by atoms with van der Waals surface area (Å²) in [4.78, 5) is 12.1. The molecule has 0 spiro atoms. The van der Waals surface area contributed by atoms with Crippen molar-refractivity contribution in [2.75, 3.05) is 0 Å². The van der Waals surface area contributed by atoms with Crippen molar-refractivity contribution in [3.63, 3.8) is 0 Å². The van der Waals surface area contributed by atoms with Gasteiger partial charge in [0.1, 0.15) is 5.78 Å². The number of rotatable bonds is 2. The maximum Gasteiger partial charge on any atom is 0.139 e. The first-order valence-corrected chi connectivity index (χ1v) is 6.06. The fourth-order valence-corrected chi connectivity index (χ4v) is 3.00. The molecule has 0 aromatic heterocycles. The number of hydrogen-bond acceptors (Lipinski definition) is 2. The Hall–Kier alpha value is -0.370. The van der Waals surface area contributed by atoms with Crippen LogP contribution in [0.15, 0.2) is 0 Å². The molecule has 0 heterocycles. The number of carbonyl (C=O) groups excluding carboxylic acids is 1. The first kappa shape index (κ1) is 10.2. The molecular formula is C12H21NO. The van der Waals surface area contributed by atoms with Crippen LogP contribution in [0.2, 0.25) is 0 Å². The Balaban J connectivity index is 1.87. The Kier molecular flexibility index (Phi) is 3.22. The molecule has 80 valence electrons. The number of carbonyl (C=O) groups is 1. The molecule has 2 aliphatic rings. The summed E-state index contributed by atoms with van der Waals surface area (Å²) in [7, 11) is 0. The number of nitrogens with two attached hydrogens (primary N) is 1. The molecule has 2 aliphatic carbocycles. The largest absolute Gasteiger partial charge is 0.328 e. The summed E-state index contributed by atoms with van der Waals surface area (Å²) in [5.74, 6) is 1.24. The van der Waals surface area contributed by atoms with Crippen LogP contribution in [-0.2, 0) is 4.79 Å². The van der Waals surface area contributed by atoms with Crippen LogP contribution in [0, 0.1) is 11.8 Å². The van der Waals surface area contributed by atoms with Gasteiger partial charge in [0.25, 0.3) is 0 Å². The van der Waals surface area contributed by atoms with Crippen LogP contribution in [0.25, 0.3) is 0 Å². The van der Waals surface area contributed by atoms with Crippen LogP contribution in [0.5, 0.6) is 0 Å². The van der Waals surface area contributed by atoms with E-state index in [9.17, 15) is 4.79 Å². The van der Waals surface area contributed by atoms with Crippen LogP contribution in [0.4, 0.5) is 0 Å². The van der Waals surface area contributed by atoms with Crippen molar-refractivity contribution in [2.45, 2.75) is 57.4 Å². The Labute approximate surface area is 86.2 Å². The third kappa shape index (κ3) is 2.17. The number of hydrogen-bond donors (Lipinski definition) is 1. The predicted molar refractivity (Wildman–Crippen MR) is 56.9 cm³/mol. The zero-order valence-corrected chi connectivity index (χ0v) is 8.87. The van der Waals surface area contributed by atoms with Crippen molar-refractivity contribution in [1.82, 2.24) is 0 Å². The Morgan fingerprint density at radius 3 is 2.21 bits per heavy atom. The topological polar surface area (TPSA) is 43.1 Å². The monoisotopic (exact) mass is 195 g/mol. The van der Waals surface area contributed by atoms with E-state index in [1.165, 1.54) is 19.3 Å². The number of Topliss-reactive ketones (excluding diaryl/α,β-unsaturated/α-hetero) is 1. The average Bonchev–Trinajstić information content (AvgIpc) is 2.65. The first-order chi connectivity index (χ1) is 6.77. The van der Waals surface area contributed by atoms with Crippen molar-refractivity contribution in [1.29, 1.82) is 0 Å². The zero-order valence-electron chi connectivity index (χ0n) is 8.87. The fourth-order valence-electron chi connectivity index (χ4n) is 3.00. The molecule has 0 saturated heterocycles. The van der Waals surface area contributed by atoms with Gasteiger partial charge >= 0.3 is 0 Å². The van der Waals surface area contributed by atoms with Gasteiger partial charge in [-0.05, 0) is 32.1 Å². The van der Waals surface area contributed by atoms with Crippen molar-refractivity contribution in [3.05, 3.63) is 0 Å². The Morgan fingerprint density at radius 1 is 0.929 bits per heavy atom. The molecule has 0 aliphatic heterocycles. The smallest absolute Gasteiger partial charge is 0.139 e.